The first-order valence-corrected chi connectivity index (χ1v) is 13.6. The number of hydrogen-bond donors (Lipinski definition) is 3. The van der Waals surface area contributed by atoms with Crippen molar-refractivity contribution < 1.29 is 14.3 Å². The molecule has 0 aliphatic carbocycles. The summed E-state index contributed by atoms with van der Waals surface area (Å²) in [6.07, 6.45) is 1.31. The summed E-state index contributed by atoms with van der Waals surface area (Å²) in [5, 5.41) is 10.2. The molecule has 0 bridgehead atoms. The van der Waals surface area contributed by atoms with Crippen LogP contribution in [0.5, 0.6) is 0 Å². The van der Waals surface area contributed by atoms with E-state index < -0.39 is 25.7 Å². The summed E-state index contributed by atoms with van der Waals surface area (Å²) in [4.78, 5) is 22.9. The molecule has 1 fully saturated rings. The van der Waals surface area contributed by atoms with Gasteiger partial charge in [0, 0.05) is 10.8 Å². The van der Waals surface area contributed by atoms with Gasteiger partial charge in [0.15, 0.2) is 19.5 Å². The van der Waals surface area contributed by atoms with E-state index in [1.807, 2.05) is 0 Å². The van der Waals surface area contributed by atoms with Crippen molar-refractivity contribution in [3.63, 3.8) is 0 Å². The molecule has 1 aliphatic heterocycles. The minimum atomic E-state index is -2.09. The van der Waals surface area contributed by atoms with Gasteiger partial charge < -0.3 is 20.0 Å². The van der Waals surface area contributed by atoms with Gasteiger partial charge in [0.1, 0.15) is 11.8 Å². The molecule has 2 aromatic heterocycles. The van der Waals surface area contributed by atoms with Gasteiger partial charge in [-0.3, -0.25) is 14.3 Å². The number of aromatic nitrogens is 4. The van der Waals surface area contributed by atoms with Gasteiger partial charge in [-0.15, -0.1) is 0 Å². The Morgan fingerprint density at radius 3 is 2.79 bits per heavy atom. The molecule has 28 heavy (non-hydrogen) atoms. The monoisotopic (exact) mass is 521 g/mol. The largest absolute Gasteiger partial charge is 0.411 e. The summed E-state index contributed by atoms with van der Waals surface area (Å²) in [5.74, 6) is 0.0219. The highest BCUT2D eigenvalue weighted by Gasteiger charge is 2.53. The van der Waals surface area contributed by atoms with E-state index in [1.165, 1.54) is 6.33 Å². The van der Waals surface area contributed by atoms with Crippen molar-refractivity contribution in [3.05, 3.63) is 16.7 Å². The van der Waals surface area contributed by atoms with Crippen LogP contribution >= 0.6 is 22.6 Å². The third-order valence-corrected chi connectivity index (χ3v) is 11.6. The number of rotatable bonds is 5. The van der Waals surface area contributed by atoms with Gasteiger partial charge in [-0.05, 0) is 18.1 Å². The first-order valence-electron chi connectivity index (χ1n) is 9.19. The van der Waals surface area contributed by atoms with Gasteiger partial charge in [-0.25, -0.2) is 4.98 Å². The lowest BCUT2D eigenvalue weighted by molar-refractivity contribution is -0.107. The molecule has 0 amide bonds. The van der Waals surface area contributed by atoms with Crippen LogP contribution in [0.1, 0.15) is 33.4 Å². The van der Waals surface area contributed by atoms with Crippen molar-refractivity contribution in [2.75, 3.05) is 16.8 Å². The molecule has 3 rings (SSSR count). The summed E-state index contributed by atoms with van der Waals surface area (Å²) in [5.41, 5.74) is 5.05. The zero-order valence-corrected chi connectivity index (χ0v) is 20.0. The second-order valence-electron chi connectivity index (χ2n) is 8.81. The molecule has 4 N–H and O–H groups in total. The maximum atomic E-state index is 12.1. The lowest BCUT2D eigenvalue weighted by atomic mass is 10.0. The number of H-pyrrole nitrogens is 1. The lowest BCUT2D eigenvalue weighted by Gasteiger charge is -2.42. The number of nitrogens with one attached hydrogen (secondary N) is 1. The van der Waals surface area contributed by atoms with Crippen LogP contribution in [0.4, 0.5) is 5.95 Å². The minimum Gasteiger partial charge on any atom is -0.411 e. The lowest BCUT2D eigenvalue weighted by Crippen LogP contribution is -2.53. The van der Waals surface area contributed by atoms with Crippen molar-refractivity contribution in [1.29, 1.82) is 0 Å². The Morgan fingerprint density at radius 2 is 2.21 bits per heavy atom. The minimum absolute atomic E-state index is 0.0219. The zero-order chi connectivity index (χ0) is 20.9. The number of aliphatic hydroxyl groups is 1. The van der Waals surface area contributed by atoms with Crippen LogP contribution in [-0.2, 0) is 9.16 Å². The van der Waals surface area contributed by atoms with Crippen LogP contribution in [0, 0.1) is 0 Å². The standard InChI is InChI=1S/C17H28IN5O4Si/c1-16(2,3)28(4,5)27-10-6-11(26-17(10,7-18)8-24)23-9-20-12-13(23)21-15(19)22-14(12)25/h9-11,24H,6-8H2,1-5H3,(H3,19,21,22,25)/t10-,11+,17+/m0/s1. The summed E-state index contributed by atoms with van der Waals surface area (Å²) >= 11 is 2.22. The molecule has 1 saturated heterocycles. The van der Waals surface area contributed by atoms with Crippen molar-refractivity contribution >= 4 is 48.0 Å². The Labute approximate surface area is 178 Å². The van der Waals surface area contributed by atoms with Crippen LogP contribution in [0.2, 0.25) is 18.1 Å². The Kier molecular flexibility index (Phi) is 5.69. The fourth-order valence-electron chi connectivity index (χ4n) is 3.10. The summed E-state index contributed by atoms with van der Waals surface area (Å²) in [6.45, 7) is 10.8. The molecule has 0 spiro atoms. The highest BCUT2D eigenvalue weighted by atomic mass is 127. The van der Waals surface area contributed by atoms with E-state index in [0.717, 1.165) is 0 Å². The molecule has 0 unspecified atom stereocenters. The van der Waals surface area contributed by atoms with E-state index in [-0.39, 0.29) is 29.2 Å². The second-order valence-corrected chi connectivity index (χ2v) is 14.3. The van der Waals surface area contributed by atoms with Gasteiger partial charge in [0.25, 0.3) is 5.56 Å². The van der Waals surface area contributed by atoms with Gasteiger partial charge in [0.2, 0.25) is 5.95 Å². The number of halogens is 1. The smallest absolute Gasteiger partial charge is 0.280 e. The molecule has 0 radical (unpaired) electrons. The molecule has 1 aliphatic rings. The molecule has 0 saturated carbocycles. The fourth-order valence-corrected chi connectivity index (χ4v) is 5.39. The zero-order valence-electron chi connectivity index (χ0n) is 16.8. The van der Waals surface area contributed by atoms with Crippen LogP contribution in [0.15, 0.2) is 11.1 Å². The quantitative estimate of drug-likeness (QED) is 0.313. The summed E-state index contributed by atoms with van der Waals surface area (Å²) in [7, 11) is -2.09. The molecule has 2 aromatic rings. The van der Waals surface area contributed by atoms with E-state index in [1.54, 1.807) is 4.57 Å². The Hall–Kier alpha value is -1.02. The van der Waals surface area contributed by atoms with Gasteiger partial charge in [-0.2, -0.15) is 4.98 Å². The molecule has 11 heteroatoms. The number of imidazole rings is 1. The predicted octanol–water partition coefficient (Wildman–Crippen LogP) is 2.18. The van der Waals surface area contributed by atoms with Crippen molar-refractivity contribution in [1.82, 2.24) is 19.5 Å². The van der Waals surface area contributed by atoms with Crippen LogP contribution in [-0.4, -0.2) is 55.7 Å². The maximum absolute atomic E-state index is 12.1. The van der Waals surface area contributed by atoms with E-state index in [9.17, 15) is 9.90 Å². The van der Waals surface area contributed by atoms with E-state index in [0.29, 0.717) is 16.5 Å². The molecule has 3 heterocycles. The number of fused-ring (bicyclic) bond motifs is 1. The number of nitrogen functional groups attached to an aromatic ring is 1. The fraction of sp³-hybridized carbons (Fsp3) is 0.706. The number of ether oxygens (including phenoxy) is 1. The highest BCUT2D eigenvalue weighted by molar-refractivity contribution is 14.1. The third-order valence-electron chi connectivity index (χ3n) is 5.87. The number of aliphatic hydroxyl groups excluding tert-OH is 1. The van der Waals surface area contributed by atoms with E-state index >= 15 is 0 Å². The number of alkyl halides is 1. The highest BCUT2D eigenvalue weighted by Crippen LogP contribution is 2.45. The average molecular weight is 521 g/mol. The van der Waals surface area contributed by atoms with Crippen molar-refractivity contribution in [2.24, 2.45) is 0 Å². The molecule has 9 nitrogen and oxygen atoms in total. The third kappa shape index (κ3) is 3.62. The number of anilines is 1. The first kappa shape index (κ1) is 21.7. The van der Waals surface area contributed by atoms with E-state index in [4.69, 9.17) is 14.9 Å². The van der Waals surface area contributed by atoms with Crippen LogP contribution < -0.4 is 11.3 Å². The average Bonchev–Trinajstić information content (AvgIpc) is 3.15. The molecule has 3 atom stereocenters. The molecular formula is C17H28IN5O4Si. The first-order chi connectivity index (χ1) is 12.9. The van der Waals surface area contributed by atoms with Gasteiger partial charge in [-0.1, -0.05) is 43.4 Å². The van der Waals surface area contributed by atoms with Gasteiger partial charge >= 0.3 is 0 Å². The molecule has 156 valence electrons. The number of nitrogens with zero attached hydrogens (tertiary/aromatic N) is 3. The number of hydrogen-bond acceptors (Lipinski definition) is 7. The van der Waals surface area contributed by atoms with Crippen LogP contribution in [0.25, 0.3) is 11.2 Å². The Balaban J connectivity index is 1.99. The summed E-state index contributed by atoms with van der Waals surface area (Å²) < 4.78 is 15.2. The number of aromatic amines is 1. The van der Waals surface area contributed by atoms with E-state index in [2.05, 4.69) is 71.4 Å². The van der Waals surface area contributed by atoms with Crippen molar-refractivity contribution in [3.8, 4) is 0 Å². The van der Waals surface area contributed by atoms with Crippen LogP contribution in [0.3, 0.4) is 0 Å². The Morgan fingerprint density at radius 1 is 1.54 bits per heavy atom. The Bertz CT molecular complexity index is 918. The van der Waals surface area contributed by atoms with Crippen molar-refractivity contribution in [2.45, 2.75) is 63.3 Å². The summed E-state index contributed by atoms with van der Waals surface area (Å²) in [6, 6.07) is 0. The normalized spacial score (nSPS) is 26.2. The number of nitrogens with two attached hydrogens (primary N) is 1. The maximum Gasteiger partial charge on any atom is 0.280 e. The van der Waals surface area contributed by atoms with Gasteiger partial charge in [0.05, 0.1) is 19.0 Å². The predicted molar refractivity (Wildman–Crippen MR) is 118 cm³/mol. The molecule has 0 aromatic carbocycles. The second kappa shape index (κ2) is 7.34. The SMILES string of the molecule is CC(C)(C)[Si](C)(C)O[C@H]1C[C@H](n2cnc3c(=O)[nH]c(N)nc32)O[C@@]1(CO)CI. The molecular weight excluding hydrogens is 493 g/mol. The topological polar surface area (TPSA) is 128 Å².